The first-order valence-electron chi connectivity index (χ1n) is 12.8. The molecule has 0 bridgehead atoms. The summed E-state index contributed by atoms with van der Waals surface area (Å²) in [7, 11) is -2.12. The molecule has 0 spiro atoms. The predicted molar refractivity (Wildman–Crippen MR) is 149 cm³/mol. The maximum Gasteiger partial charge on any atom is 0.240 e. The molecule has 2 aromatic carbocycles. The topological polar surface area (TPSA) is 111 Å². The molecule has 1 aliphatic rings. The van der Waals surface area contributed by atoms with Crippen molar-refractivity contribution >= 4 is 38.5 Å². The van der Waals surface area contributed by atoms with E-state index < -0.39 is 10.0 Å². The number of rotatable bonds is 9. The third kappa shape index (κ3) is 5.62. The second-order valence-electron chi connectivity index (χ2n) is 9.44. The number of aromatic nitrogens is 4. The van der Waals surface area contributed by atoms with Crippen molar-refractivity contribution < 1.29 is 13.2 Å². The first-order chi connectivity index (χ1) is 18.4. The van der Waals surface area contributed by atoms with Crippen LogP contribution in [-0.4, -0.2) is 48.4 Å². The Balaban J connectivity index is 1.41. The number of halogens is 1. The van der Waals surface area contributed by atoms with E-state index in [0.29, 0.717) is 28.8 Å². The molecule has 0 radical (unpaired) electrons. The normalized spacial score (nSPS) is 14.6. The van der Waals surface area contributed by atoms with E-state index in [4.69, 9.17) is 31.4 Å². The summed E-state index contributed by atoms with van der Waals surface area (Å²) in [5.74, 6) is 2.33. The number of benzene rings is 2. The molecule has 1 fully saturated rings. The number of sulfonamides is 1. The highest BCUT2D eigenvalue weighted by Gasteiger charge is 2.23. The van der Waals surface area contributed by atoms with Crippen LogP contribution in [0.1, 0.15) is 49.5 Å². The van der Waals surface area contributed by atoms with Gasteiger partial charge in [-0.3, -0.25) is 0 Å². The van der Waals surface area contributed by atoms with Gasteiger partial charge in [0, 0.05) is 24.0 Å². The number of nitrogens with zero attached hydrogens (tertiary/aromatic N) is 4. The van der Waals surface area contributed by atoms with Crippen LogP contribution in [0.2, 0.25) is 5.02 Å². The van der Waals surface area contributed by atoms with Gasteiger partial charge in [-0.1, -0.05) is 36.9 Å². The minimum Gasteiger partial charge on any atom is -0.497 e. The molecule has 2 aromatic heterocycles. The lowest BCUT2D eigenvalue weighted by atomic mass is 9.88. The van der Waals surface area contributed by atoms with Crippen molar-refractivity contribution in [3.8, 4) is 11.4 Å². The van der Waals surface area contributed by atoms with E-state index in [-0.39, 0.29) is 17.4 Å². The fraction of sp³-hybridized carbons (Fsp3) is 0.370. The van der Waals surface area contributed by atoms with Crippen LogP contribution in [0.25, 0.3) is 16.7 Å². The first-order valence-corrected chi connectivity index (χ1v) is 14.6. The Morgan fingerprint density at radius 3 is 2.53 bits per heavy atom. The fourth-order valence-electron chi connectivity index (χ4n) is 4.86. The van der Waals surface area contributed by atoms with Gasteiger partial charge in [0.25, 0.3) is 0 Å². The van der Waals surface area contributed by atoms with Gasteiger partial charge in [-0.05, 0) is 62.2 Å². The van der Waals surface area contributed by atoms with E-state index >= 15 is 0 Å². The van der Waals surface area contributed by atoms with E-state index in [1.54, 1.807) is 12.1 Å². The Hall–Kier alpha value is -3.21. The molecule has 1 saturated carbocycles. The molecule has 38 heavy (non-hydrogen) atoms. The molecule has 4 aromatic rings. The zero-order chi connectivity index (χ0) is 26.7. The summed E-state index contributed by atoms with van der Waals surface area (Å²) in [4.78, 5) is 10.1. The number of methoxy groups -OCH3 is 1. The van der Waals surface area contributed by atoms with Gasteiger partial charge in [0.05, 0.1) is 28.8 Å². The lowest BCUT2D eigenvalue weighted by Gasteiger charge is -2.21. The van der Waals surface area contributed by atoms with E-state index in [0.717, 1.165) is 48.3 Å². The Labute approximate surface area is 227 Å². The monoisotopic (exact) mass is 554 g/mol. The maximum absolute atomic E-state index is 12.7. The molecule has 1 aliphatic carbocycles. The van der Waals surface area contributed by atoms with Gasteiger partial charge in [0.15, 0.2) is 5.65 Å². The van der Waals surface area contributed by atoms with Gasteiger partial charge in [-0.25, -0.2) is 27.8 Å². The summed E-state index contributed by atoms with van der Waals surface area (Å²) in [6, 6.07) is 13.8. The molecule has 11 heteroatoms. The van der Waals surface area contributed by atoms with Crippen molar-refractivity contribution in [2.75, 3.05) is 25.5 Å². The molecular weight excluding hydrogens is 524 g/mol. The zero-order valence-corrected chi connectivity index (χ0v) is 23.0. The minimum absolute atomic E-state index is 0.181. The Kier molecular flexibility index (Phi) is 7.83. The number of aryl methyl sites for hydroxylation is 1. The number of anilines is 1. The molecule has 2 heterocycles. The molecule has 0 aliphatic heterocycles. The molecule has 0 amide bonds. The molecule has 9 nitrogen and oxygen atoms in total. The fourth-order valence-corrected chi connectivity index (χ4v) is 6.08. The van der Waals surface area contributed by atoms with Crippen molar-refractivity contribution in [2.24, 2.45) is 0 Å². The van der Waals surface area contributed by atoms with Gasteiger partial charge in [-0.2, -0.15) is 5.10 Å². The van der Waals surface area contributed by atoms with Crippen LogP contribution in [0, 0.1) is 6.92 Å². The van der Waals surface area contributed by atoms with Crippen LogP contribution in [-0.2, 0) is 10.0 Å². The van der Waals surface area contributed by atoms with Gasteiger partial charge in [-0.15, -0.1) is 0 Å². The second-order valence-corrected chi connectivity index (χ2v) is 11.6. The summed E-state index contributed by atoms with van der Waals surface area (Å²) >= 11 is 6.27. The van der Waals surface area contributed by atoms with E-state index in [1.807, 2.05) is 35.9 Å². The van der Waals surface area contributed by atoms with Crippen molar-refractivity contribution in [1.29, 1.82) is 0 Å². The van der Waals surface area contributed by atoms with Gasteiger partial charge >= 0.3 is 0 Å². The highest BCUT2D eigenvalue weighted by Crippen LogP contribution is 2.34. The summed E-state index contributed by atoms with van der Waals surface area (Å²) < 4.78 is 35.0. The van der Waals surface area contributed by atoms with Crippen LogP contribution in [0.5, 0.6) is 5.75 Å². The van der Waals surface area contributed by atoms with Gasteiger partial charge < -0.3 is 10.1 Å². The van der Waals surface area contributed by atoms with Gasteiger partial charge in [0.1, 0.15) is 17.4 Å². The van der Waals surface area contributed by atoms with Crippen molar-refractivity contribution in [3.05, 3.63) is 65.1 Å². The van der Waals surface area contributed by atoms with Crippen LogP contribution >= 0.6 is 11.6 Å². The molecule has 0 saturated heterocycles. The van der Waals surface area contributed by atoms with Gasteiger partial charge in [0.2, 0.25) is 10.0 Å². The standard InChI is InChI=1S/C27H31ClN6O3S/c1-18-24-26(29-15-16-30-38(35,36)23-13-11-22(37-2)12-14-23)31-25(19-7-4-3-5-8-19)32-27(24)34(33-18)21-10-6-9-20(28)17-21/h6,9-14,17,19,30H,3-5,7-8,15-16H2,1-2H3,(H,29,31,32). The maximum atomic E-state index is 12.7. The summed E-state index contributed by atoms with van der Waals surface area (Å²) in [6.07, 6.45) is 5.66. The number of fused-ring (bicyclic) bond motifs is 1. The molecule has 5 rings (SSSR count). The average Bonchev–Trinajstić information content (AvgIpc) is 3.28. The van der Waals surface area contributed by atoms with Crippen LogP contribution in [0.15, 0.2) is 53.4 Å². The largest absolute Gasteiger partial charge is 0.497 e. The van der Waals surface area contributed by atoms with Crippen LogP contribution < -0.4 is 14.8 Å². The van der Waals surface area contributed by atoms with E-state index in [9.17, 15) is 8.42 Å². The number of hydrogen-bond acceptors (Lipinski definition) is 7. The highest BCUT2D eigenvalue weighted by molar-refractivity contribution is 7.89. The average molecular weight is 555 g/mol. The Morgan fingerprint density at radius 1 is 1.05 bits per heavy atom. The number of hydrogen-bond donors (Lipinski definition) is 2. The zero-order valence-electron chi connectivity index (χ0n) is 21.4. The lowest BCUT2D eigenvalue weighted by Crippen LogP contribution is -2.29. The minimum atomic E-state index is -3.66. The van der Waals surface area contributed by atoms with Crippen LogP contribution in [0.4, 0.5) is 5.82 Å². The molecule has 200 valence electrons. The smallest absolute Gasteiger partial charge is 0.240 e. The molecular formula is C27H31ClN6O3S. The molecule has 0 unspecified atom stereocenters. The van der Waals surface area contributed by atoms with Crippen molar-refractivity contribution in [2.45, 2.75) is 49.8 Å². The Bertz CT molecular complexity index is 1530. The van der Waals surface area contributed by atoms with Crippen LogP contribution in [0.3, 0.4) is 0 Å². The van der Waals surface area contributed by atoms with Crippen molar-refractivity contribution in [3.63, 3.8) is 0 Å². The third-order valence-electron chi connectivity index (χ3n) is 6.82. The van der Waals surface area contributed by atoms with Crippen molar-refractivity contribution in [1.82, 2.24) is 24.5 Å². The highest BCUT2D eigenvalue weighted by atomic mass is 35.5. The van der Waals surface area contributed by atoms with E-state index in [1.165, 1.54) is 25.7 Å². The molecule has 0 atom stereocenters. The quantitative estimate of drug-likeness (QED) is 0.273. The summed E-state index contributed by atoms with van der Waals surface area (Å²) in [6.45, 7) is 2.44. The number of nitrogens with one attached hydrogen (secondary N) is 2. The third-order valence-corrected chi connectivity index (χ3v) is 8.53. The predicted octanol–water partition coefficient (Wildman–Crippen LogP) is 5.22. The lowest BCUT2D eigenvalue weighted by molar-refractivity contribution is 0.414. The summed E-state index contributed by atoms with van der Waals surface area (Å²) in [5, 5.41) is 9.54. The first kappa shape index (κ1) is 26.4. The summed E-state index contributed by atoms with van der Waals surface area (Å²) in [5.41, 5.74) is 2.31. The molecule has 2 N–H and O–H groups in total. The number of ether oxygens (including phenoxy) is 1. The second kappa shape index (κ2) is 11.3. The van der Waals surface area contributed by atoms with E-state index in [2.05, 4.69) is 10.0 Å². The SMILES string of the molecule is COc1ccc(S(=O)(=O)NCCNc2nc(C3CCCCC3)nc3c2c(C)nn3-c2cccc(Cl)c2)cc1. The Morgan fingerprint density at radius 2 is 1.82 bits per heavy atom.